The number of rotatable bonds is 5. The smallest absolute Gasteiger partial charge is 0.337 e. The largest absolute Gasteiger partial charge is 0.466 e. The number of ether oxygens (including phenoxy) is 1. The number of halogens is 4. The number of hydrogen-bond acceptors (Lipinski definition) is 5. The zero-order valence-electron chi connectivity index (χ0n) is 12.3. The van der Waals surface area contributed by atoms with E-state index in [9.17, 15) is 18.4 Å². The average molecular weight is 517 g/mol. The molecule has 1 aromatic rings. The Kier molecular flexibility index (Phi) is 6.15. The van der Waals surface area contributed by atoms with Gasteiger partial charge in [-0.3, -0.25) is 4.79 Å². The van der Waals surface area contributed by atoms with Crippen LogP contribution in [-0.4, -0.2) is 48.7 Å². The molecule has 0 aliphatic carbocycles. The van der Waals surface area contributed by atoms with E-state index in [2.05, 4.69) is 26.0 Å². The summed E-state index contributed by atoms with van der Waals surface area (Å²) in [7, 11) is 1.16. The van der Waals surface area contributed by atoms with E-state index in [0.29, 0.717) is 0 Å². The highest BCUT2D eigenvalue weighted by molar-refractivity contribution is 14.1. The molecule has 6 nitrogen and oxygen atoms in total. The lowest BCUT2D eigenvalue weighted by Gasteiger charge is -2.15. The number of carbonyl (C=O) groups excluding carboxylic acids is 2. The summed E-state index contributed by atoms with van der Waals surface area (Å²) in [6.07, 6.45) is 0. The van der Waals surface area contributed by atoms with E-state index in [1.807, 2.05) is 0 Å². The zero-order chi connectivity index (χ0) is 18.0. The number of aliphatic hydroxyl groups is 1. The molecule has 24 heavy (non-hydrogen) atoms. The van der Waals surface area contributed by atoms with Crippen LogP contribution in [0.3, 0.4) is 0 Å². The molecule has 2 rings (SSSR count). The summed E-state index contributed by atoms with van der Waals surface area (Å²) >= 11 is 4.45. The van der Waals surface area contributed by atoms with Gasteiger partial charge in [0, 0.05) is 6.54 Å². The maximum atomic E-state index is 14.0. The van der Waals surface area contributed by atoms with Crippen molar-refractivity contribution in [2.45, 2.75) is 0 Å². The molecule has 0 saturated heterocycles. The highest BCUT2D eigenvalue weighted by Gasteiger charge is 2.35. The van der Waals surface area contributed by atoms with E-state index in [-0.39, 0.29) is 44.7 Å². The molecule has 130 valence electrons. The van der Waals surface area contributed by atoms with Crippen molar-refractivity contribution in [1.82, 2.24) is 4.90 Å². The number of benzene rings is 1. The van der Waals surface area contributed by atoms with Gasteiger partial charge in [0.1, 0.15) is 11.5 Å². The van der Waals surface area contributed by atoms with Gasteiger partial charge in [-0.1, -0.05) is 0 Å². The van der Waals surface area contributed by atoms with Crippen molar-refractivity contribution < 1.29 is 28.2 Å². The van der Waals surface area contributed by atoms with Gasteiger partial charge in [-0.25, -0.2) is 13.6 Å². The van der Waals surface area contributed by atoms with E-state index in [4.69, 9.17) is 5.11 Å². The van der Waals surface area contributed by atoms with Gasteiger partial charge in [-0.2, -0.15) is 0 Å². The number of anilines is 1. The van der Waals surface area contributed by atoms with Crippen molar-refractivity contribution in [3.05, 3.63) is 37.0 Å². The molecular weight excluding hydrogens is 505 g/mol. The van der Waals surface area contributed by atoms with Crippen molar-refractivity contribution in [2.75, 3.05) is 32.1 Å². The zero-order valence-corrected chi connectivity index (χ0v) is 16.1. The number of aliphatic hydroxyl groups excluding tert-OH is 1. The van der Waals surface area contributed by atoms with E-state index in [1.54, 1.807) is 22.6 Å². The molecule has 1 amide bonds. The van der Waals surface area contributed by atoms with Gasteiger partial charge in [-0.05, 0) is 44.6 Å². The maximum Gasteiger partial charge on any atom is 0.337 e. The Balaban J connectivity index is 2.45. The molecule has 1 aliphatic heterocycles. The molecule has 0 aromatic heterocycles. The summed E-state index contributed by atoms with van der Waals surface area (Å²) < 4.78 is 32.1. The molecule has 0 unspecified atom stereocenters. The van der Waals surface area contributed by atoms with Crippen molar-refractivity contribution >= 4 is 56.1 Å². The first-order valence-corrected chi connectivity index (χ1v) is 8.50. The Morgan fingerprint density at radius 3 is 2.79 bits per heavy atom. The van der Waals surface area contributed by atoms with Gasteiger partial charge < -0.3 is 20.1 Å². The highest BCUT2D eigenvalue weighted by atomic mass is 127. The molecule has 0 radical (unpaired) electrons. The van der Waals surface area contributed by atoms with Crippen LogP contribution >= 0.6 is 38.5 Å². The Morgan fingerprint density at radius 1 is 1.54 bits per heavy atom. The van der Waals surface area contributed by atoms with Gasteiger partial charge >= 0.3 is 5.97 Å². The molecule has 10 heteroatoms. The lowest BCUT2D eigenvalue weighted by atomic mass is 10.2. The minimum atomic E-state index is -0.853. The fourth-order valence-corrected chi connectivity index (χ4v) is 3.39. The van der Waals surface area contributed by atoms with Crippen molar-refractivity contribution in [3.8, 4) is 0 Å². The Labute approximate surface area is 158 Å². The molecule has 1 aliphatic rings. The molecule has 0 atom stereocenters. The first-order valence-electron chi connectivity index (χ1n) is 6.63. The second-order valence-electron chi connectivity index (χ2n) is 4.77. The summed E-state index contributed by atoms with van der Waals surface area (Å²) in [5, 5.41) is 11.6. The predicted molar refractivity (Wildman–Crippen MR) is 93.1 cm³/mol. The Morgan fingerprint density at radius 2 is 2.21 bits per heavy atom. The molecule has 0 fully saturated rings. The SMILES string of the molecule is COC(=O)C1=C(Nc2cc(F)c(Br)c(F)c2I)C(=O)N(CCO)C1. The van der Waals surface area contributed by atoms with Gasteiger partial charge in [-0.15, -0.1) is 0 Å². The number of amides is 1. The van der Waals surface area contributed by atoms with Crippen LogP contribution in [0.5, 0.6) is 0 Å². The fourth-order valence-electron chi connectivity index (χ4n) is 2.15. The number of esters is 1. The van der Waals surface area contributed by atoms with Crippen LogP contribution in [0.2, 0.25) is 0 Å². The third-order valence-corrected chi connectivity index (χ3v) is 5.10. The molecule has 0 bridgehead atoms. The van der Waals surface area contributed by atoms with Crippen LogP contribution in [-0.2, 0) is 14.3 Å². The first kappa shape index (κ1) is 19.1. The first-order chi connectivity index (χ1) is 11.3. The summed E-state index contributed by atoms with van der Waals surface area (Å²) in [5.41, 5.74) is -0.103. The second kappa shape index (κ2) is 7.74. The monoisotopic (exact) mass is 516 g/mol. The van der Waals surface area contributed by atoms with Crippen molar-refractivity contribution in [2.24, 2.45) is 0 Å². The molecule has 2 N–H and O–H groups in total. The number of nitrogens with one attached hydrogen (secondary N) is 1. The molecule has 1 aromatic carbocycles. The van der Waals surface area contributed by atoms with Crippen molar-refractivity contribution in [1.29, 1.82) is 0 Å². The van der Waals surface area contributed by atoms with Crippen LogP contribution in [0, 0.1) is 15.2 Å². The Hall–Kier alpha value is -1.27. The third kappa shape index (κ3) is 3.54. The summed E-state index contributed by atoms with van der Waals surface area (Å²) in [4.78, 5) is 25.5. The van der Waals surface area contributed by atoms with Crippen LogP contribution in [0.4, 0.5) is 14.5 Å². The number of carbonyl (C=O) groups is 2. The third-order valence-electron chi connectivity index (χ3n) is 3.32. The average Bonchev–Trinajstić information content (AvgIpc) is 2.87. The molecule has 0 spiro atoms. The maximum absolute atomic E-state index is 14.0. The fraction of sp³-hybridized carbons (Fsp3) is 0.286. The van der Waals surface area contributed by atoms with E-state index < -0.39 is 23.5 Å². The van der Waals surface area contributed by atoms with Gasteiger partial charge in [0.15, 0.2) is 5.82 Å². The Bertz CT molecular complexity index is 742. The van der Waals surface area contributed by atoms with Crippen LogP contribution < -0.4 is 5.32 Å². The molecule has 1 heterocycles. The number of nitrogens with zero attached hydrogens (tertiary/aromatic N) is 1. The van der Waals surface area contributed by atoms with E-state index >= 15 is 0 Å². The van der Waals surface area contributed by atoms with E-state index in [1.165, 1.54) is 4.90 Å². The minimum absolute atomic E-state index is 0.00408. The van der Waals surface area contributed by atoms with Crippen LogP contribution in [0.15, 0.2) is 21.8 Å². The predicted octanol–water partition coefficient (Wildman–Crippen LogP) is 2.01. The number of hydrogen-bond donors (Lipinski definition) is 2. The topological polar surface area (TPSA) is 78.9 Å². The van der Waals surface area contributed by atoms with Crippen LogP contribution in [0.1, 0.15) is 0 Å². The summed E-state index contributed by atoms with van der Waals surface area (Å²) in [6.45, 7) is -0.330. The summed E-state index contributed by atoms with van der Waals surface area (Å²) in [6, 6.07) is 1.01. The quantitative estimate of drug-likeness (QED) is 0.271. The molecular formula is C14H12BrF2IN2O4. The summed E-state index contributed by atoms with van der Waals surface area (Å²) in [5.74, 6) is -2.98. The lowest BCUT2D eigenvalue weighted by Crippen LogP contribution is -2.31. The van der Waals surface area contributed by atoms with Gasteiger partial charge in [0.25, 0.3) is 5.91 Å². The normalized spacial score (nSPS) is 14.4. The lowest BCUT2D eigenvalue weighted by molar-refractivity contribution is -0.136. The highest BCUT2D eigenvalue weighted by Crippen LogP contribution is 2.32. The standard InChI is InChI=1S/C14H12BrF2IN2O4/c1-24-14(23)6-5-20(2-3-21)13(22)12(6)19-8-4-7(16)9(15)10(17)11(8)18/h4,19,21H,2-3,5H2,1H3. The van der Waals surface area contributed by atoms with Gasteiger partial charge in [0.05, 0.1) is 39.6 Å². The van der Waals surface area contributed by atoms with Crippen LogP contribution in [0.25, 0.3) is 0 Å². The van der Waals surface area contributed by atoms with E-state index in [0.717, 1.165) is 13.2 Å². The minimum Gasteiger partial charge on any atom is -0.466 e. The number of β-amino-alcohol motifs (C(OH)–C–C–N with tert-alkyl or cyclic N) is 1. The second-order valence-corrected chi connectivity index (χ2v) is 6.64. The number of methoxy groups -OCH3 is 1. The van der Waals surface area contributed by atoms with Gasteiger partial charge in [0.2, 0.25) is 0 Å². The molecule has 0 saturated carbocycles. The van der Waals surface area contributed by atoms with Crippen molar-refractivity contribution in [3.63, 3.8) is 0 Å².